The molecule has 0 bridgehead atoms. The molecule has 0 radical (unpaired) electrons. The molecule has 3 N–H and O–H groups in total. The number of aliphatic imine (C=N–C) groups is 1. The minimum absolute atomic E-state index is 0. The van der Waals surface area contributed by atoms with Gasteiger partial charge in [-0.25, -0.2) is 0 Å². The summed E-state index contributed by atoms with van der Waals surface area (Å²) in [6.07, 6.45) is 8.24. The fraction of sp³-hybridized carbons (Fsp3) is 0.938. The van der Waals surface area contributed by atoms with E-state index in [-0.39, 0.29) is 35.5 Å². The topological polar surface area (TPSA) is 56.7 Å². The second-order valence-corrected chi connectivity index (χ2v) is 6.77. The Hall–Kier alpha value is -0.0400. The largest absolute Gasteiger partial charge is 0.392 e. The van der Waals surface area contributed by atoms with Gasteiger partial charge >= 0.3 is 0 Å². The van der Waals surface area contributed by atoms with Crippen molar-refractivity contribution in [2.45, 2.75) is 64.9 Å². The van der Waals surface area contributed by atoms with Gasteiger partial charge in [0.2, 0.25) is 0 Å². The first kappa shape index (κ1) is 19.0. The van der Waals surface area contributed by atoms with Crippen LogP contribution in [-0.4, -0.2) is 36.8 Å². The molecule has 5 heteroatoms. The van der Waals surface area contributed by atoms with Gasteiger partial charge in [-0.1, -0.05) is 32.6 Å². The van der Waals surface area contributed by atoms with Crippen LogP contribution in [0.1, 0.15) is 58.8 Å². The average Bonchev–Trinajstić information content (AvgIpc) is 3.24. The van der Waals surface area contributed by atoms with E-state index in [0.717, 1.165) is 44.2 Å². The lowest BCUT2D eigenvalue weighted by molar-refractivity contribution is 0.00716. The number of hydrogen-bond donors (Lipinski definition) is 3. The zero-order valence-corrected chi connectivity index (χ0v) is 15.9. The van der Waals surface area contributed by atoms with Crippen LogP contribution in [0.3, 0.4) is 0 Å². The molecule has 124 valence electrons. The molecule has 0 heterocycles. The van der Waals surface area contributed by atoms with Crippen LogP contribution in [0.15, 0.2) is 4.99 Å². The Bertz CT molecular complexity index is 333. The van der Waals surface area contributed by atoms with Crippen molar-refractivity contribution in [3.63, 3.8) is 0 Å². The summed E-state index contributed by atoms with van der Waals surface area (Å²) >= 11 is 0. The first-order chi connectivity index (χ1) is 9.64. The Balaban J connectivity index is 0.00000220. The van der Waals surface area contributed by atoms with Gasteiger partial charge in [-0.15, -0.1) is 24.0 Å². The third-order valence-corrected chi connectivity index (χ3v) is 4.76. The number of nitrogens with one attached hydrogen (secondary N) is 2. The van der Waals surface area contributed by atoms with E-state index >= 15 is 0 Å². The first-order valence-electron chi connectivity index (χ1n) is 8.34. The van der Waals surface area contributed by atoms with Crippen molar-refractivity contribution >= 4 is 29.9 Å². The Morgan fingerprint density at radius 3 is 2.62 bits per heavy atom. The third-order valence-electron chi connectivity index (χ3n) is 4.76. The molecule has 2 rings (SSSR count). The summed E-state index contributed by atoms with van der Waals surface area (Å²) in [5, 5.41) is 16.9. The molecule has 2 saturated carbocycles. The lowest BCUT2D eigenvalue weighted by Crippen LogP contribution is -2.42. The standard InChI is InChI=1S/C16H31N3O.HI/c1-3-17-15(18-11-9-13-7-8-13)19-12-16(2)10-5-4-6-14(16)20;/h13-14,20H,3-12H2,1-2H3,(H2,17,18,19);1H. The fourth-order valence-electron chi connectivity index (χ4n) is 2.97. The zero-order valence-electron chi connectivity index (χ0n) is 13.5. The van der Waals surface area contributed by atoms with E-state index < -0.39 is 0 Å². The molecule has 4 nitrogen and oxygen atoms in total. The van der Waals surface area contributed by atoms with Crippen LogP contribution >= 0.6 is 24.0 Å². The minimum Gasteiger partial charge on any atom is -0.392 e. The Morgan fingerprint density at radius 1 is 1.24 bits per heavy atom. The molecule has 0 amide bonds. The SMILES string of the molecule is CCNC(=NCC1(C)CCCCC1O)NCCC1CC1.I. The third kappa shape index (κ3) is 6.30. The summed E-state index contributed by atoms with van der Waals surface area (Å²) < 4.78 is 0. The second-order valence-electron chi connectivity index (χ2n) is 6.77. The molecule has 2 fully saturated rings. The molecule has 21 heavy (non-hydrogen) atoms. The van der Waals surface area contributed by atoms with Crippen LogP contribution in [0.4, 0.5) is 0 Å². The highest BCUT2D eigenvalue weighted by Gasteiger charge is 2.35. The van der Waals surface area contributed by atoms with E-state index in [4.69, 9.17) is 4.99 Å². The molecule has 2 aliphatic carbocycles. The summed E-state index contributed by atoms with van der Waals surface area (Å²) in [6, 6.07) is 0. The molecule has 2 aliphatic rings. The Morgan fingerprint density at radius 2 is 2.00 bits per heavy atom. The number of guanidine groups is 1. The fourth-order valence-corrected chi connectivity index (χ4v) is 2.97. The maximum absolute atomic E-state index is 10.2. The minimum atomic E-state index is -0.200. The highest BCUT2D eigenvalue weighted by atomic mass is 127. The molecule has 2 unspecified atom stereocenters. The van der Waals surface area contributed by atoms with Crippen LogP contribution in [0.2, 0.25) is 0 Å². The van der Waals surface area contributed by atoms with Crippen LogP contribution < -0.4 is 10.6 Å². The molecular formula is C16H32IN3O. The van der Waals surface area contributed by atoms with Gasteiger partial charge in [0.15, 0.2) is 5.96 Å². The van der Waals surface area contributed by atoms with Gasteiger partial charge in [-0.05, 0) is 32.1 Å². The number of hydrogen-bond acceptors (Lipinski definition) is 2. The van der Waals surface area contributed by atoms with E-state index in [1.54, 1.807) is 0 Å². The lowest BCUT2D eigenvalue weighted by atomic mass is 9.73. The van der Waals surface area contributed by atoms with Crippen molar-refractivity contribution in [3.8, 4) is 0 Å². The number of aliphatic hydroxyl groups is 1. The van der Waals surface area contributed by atoms with Crippen molar-refractivity contribution in [1.82, 2.24) is 10.6 Å². The average molecular weight is 409 g/mol. The van der Waals surface area contributed by atoms with Crippen molar-refractivity contribution in [1.29, 1.82) is 0 Å². The number of aliphatic hydroxyl groups excluding tert-OH is 1. The number of halogens is 1. The van der Waals surface area contributed by atoms with Crippen molar-refractivity contribution < 1.29 is 5.11 Å². The first-order valence-corrected chi connectivity index (χ1v) is 8.34. The van der Waals surface area contributed by atoms with E-state index in [2.05, 4.69) is 24.5 Å². The normalized spacial score (nSPS) is 29.7. The van der Waals surface area contributed by atoms with Crippen molar-refractivity contribution in [2.75, 3.05) is 19.6 Å². The van der Waals surface area contributed by atoms with Gasteiger partial charge in [-0.2, -0.15) is 0 Å². The summed E-state index contributed by atoms with van der Waals surface area (Å²) in [5.74, 6) is 1.86. The maximum Gasteiger partial charge on any atom is 0.191 e. The predicted molar refractivity (Wildman–Crippen MR) is 99.3 cm³/mol. The van der Waals surface area contributed by atoms with E-state index in [0.29, 0.717) is 6.54 Å². The van der Waals surface area contributed by atoms with E-state index in [1.807, 2.05) is 0 Å². The summed E-state index contributed by atoms with van der Waals surface area (Å²) in [5.41, 5.74) is -0.0445. The van der Waals surface area contributed by atoms with Crippen LogP contribution in [0.5, 0.6) is 0 Å². The monoisotopic (exact) mass is 409 g/mol. The molecular weight excluding hydrogens is 377 g/mol. The van der Waals surface area contributed by atoms with Gasteiger partial charge in [0.1, 0.15) is 0 Å². The Labute approximate surface area is 146 Å². The van der Waals surface area contributed by atoms with E-state index in [1.165, 1.54) is 25.7 Å². The number of nitrogens with zero attached hydrogens (tertiary/aromatic N) is 1. The molecule has 0 aromatic rings. The van der Waals surface area contributed by atoms with Crippen molar-refractivity contribution in [2.24, 2.45) is 16.3 Å². The smallest absolute Gasteiger partial charge is 0.191 e. The quantitative estimate of drug-likeness (QED) is 0.359. The van der Waals surface area contributed by atoms with Gasteiger partial charge in [0, 0.05) is 18.5 Å². The second kappa shape index (κ2) is 9.18. The molecule has 0 aliphatic heterocycles. The van der Waals surface area contributed by atoms with Gasteiger partial charge in [0.05, 0.1) is 12.6 Å². The molecule has 0 aromatic heterocycles. The van der Waals surface area contributed by atoms with Gasteiger partial charge in [0.25, 0.3) is 0 Å². The Kier molecular flexibility index (Phi) is 8.31. The molecule has 0 spiro atoms. The van der Waals surface area contributed by atoms with Crippen LogP contribution in [0, 0.1) is 11.3 Å². The van der Waals surface area contributed by atoms with Crippen LogP contribution in [-0.2, 0) is 0 Å². The summed E-state index contributed by atoms with van der Waals surface area (Å²) in [4.78, 5) is 4.71. The molecule has 0 aromatic carbocycles. The van der Waals surface area contributed by atoms with Gasteiger partial charge in [-0.3, -0.25) is 4.99 Å². The molecule has 2 atom stereocenters. The number of rotatable bonds is 6. The van der Waals surface area contributed by atoms with Crippen LogP contribution in [0.25, 0.3) is 0 Å². The maximum atomic E-state index is 10.2. The zero-order chi connectivity index (χ0) is 14.4. The highest BCUT2D eigenvalue weighted by Crippen LogP contribution is 2.36. The van der Waals surface area contributed by atoms with Crippen molar-refractivity contribution in [3.05, 3.63) is 0 Å². The predicted octanol–water partition coefficient (Wildman–Crippen LogP) is 2.90. The van der Waals surface area contributed by atoms with E-state index in [9.17, 15) is 5.11 Å². The lowest BCUT2D eigenvalue weighted by Gasteiger charge is -2.37. The molecule has 0 saturated heterocycles. The summed E-state index contributed by atoms with van der Waals surface area (Å²) in [7, 11) is 0. The van der Waals surface area contributed by atoms with Gasteiger partial charge < -0.3 is 15.7 Å². The summed E-state index contributed by atoms with van der Waals surface area (Å²) in [6.45, 7) is 6.88. The highest BCUT2D eigenvalue weighted by molar-refractivity contribution is 14.0.